The number of benzene rings is 1. The normalized spacial score (nSPS) is 16.9. The molecular weight excluding hydrogens is 370 g/mol. The molecule has 1 heterocycles. The molecule has 1 aliphatic carbocycles. The topological polar surface area (TPSA) is 74.8 Å². The van der Waals surface area contributed by atoms with Crippen LogP contribution in [0, 0.1) is 6.92 Å². The zero-order valence-electron chi connectivity index (χ0n) is 16.6. The number of rotatable bonds is 6. The third-order valence-electron chi connectivity index (χ3n) is 5.36. The Morgan fingerprint density at radius 3 is 2.46 bits per heavy atom. The molecule has 2 aromatic rings. The highest BCUT2D eigenvalue weighted by molar-refractivity contribution is 7.10. The van der Waals surface area contributed by atoms with Gasteiger partial charge in [-0.3, -0.25) is 10.1 Å². The molecule has 6 heteroatoms. The molecule has 4 N–H and O–H groups in total. The van der Waals surface area contributed by atoms with Gasteiger partial charge in [0, 0.05) is 11.6 Å². The quantitative estimate of drug-likeness (QED) is 0.696. The van der Waals surface area contributed by atoms with Crippen molar-refractivity contribution in [2.24, 2.45) is 0 Å². The molecule has 1 saturated carbocycles. The number of urea groups is 1. The van der Waals surface area contributed by atoms with Crippen molar-refractivity contribution < 1.29 is 14.9 Å². The van der Waals surface area contributed by atoms with Crippen LogP contribution in [0.1, 0.15) is 61.1 Å². The van der Waals surface area contributed by atoms with Crippen molar-refractivity contribution in [1.82, 2.24) is 10.6 Å². The highest BCUT2D eigenvalue weighted by Gasteiger charge is 2.27. The van der Waals surface area contributed by atoms with Crippen LogP contribution in [0.5, 0.6) is 0 Å². The number of nitrogens with two attached hydrogens (primary N) is 1. The van der Waals surface area contributed by atoms with E-state index in [0.717, 1.165) is 31.2 Å². The average molecular weight is 401 g/mol. The van der Waals surface area contributed by atoms with E-state index in [-0.39, 0.29) is 30.1 Å². The summed E-state index contributed by atoms with van der Waals surface area (Å²) in [5, 5.41) is 9.54. The van der Waals surface area contributed by atoms with Gasteiger partial charge in [-0.25, -0.2) is 4.79 Å². The second-order valence-electron chi connectivity index (χ2n) is 7.68. The first-order valence-corrected chi connectivity index (χ1v) is 11.0. The van der Waals surface area contributed by atoms with Gasteiger partial charge in [0.2, 0.25) is 0 Å². The summed E-state index contributed by atoms with van der Waals surface area (Å²) >= 11 is 1.68. The molecule has 2 atom stereocenters. The van der Waals surface area contributed by atoms with E-state index < -0.39 is 0 Å². The maximum atomic E-state index is 12.6. The minimum absolute atomic E-state index is 0.0303. The molecule has 1 aromatic carbocycles. The second-order valence-corrected chi connectivity index (χ2v) is 8.66. The van der Waals surface area contributed by atoms with E-state index >= 15 is 0 Å². The molecule has 0 bridgehead atoms. The molecule has 28 heavy (non-hydrogen) atoms. The zero-order chi connectivity index (χ0) is 19.9. The molecule has 0 aliphatic heterocycles. The Balaban J connectivity index is 1.61. The fraction of sp³-hybridized carbons (Fsp3) is 0.455. The molecular formula is C22H30N3O2S+. The summed E-state index contributed by atoms with van der Waals surface area (Å²) in [5.41, 5.74) is 2.36. The van der Waals surface area contributed by atoms with Gasteiger partial charge < -0.3 is 10.6 Å². The lowest BCUT2D eigenvalue weighted by atomic mass is 9.96. The first kappa shape index (κ1) is 20.6. The number of imide groups is 1. The number of hydrogen-bond acceptors (Lipinski definition) is 3. The van der Waals surface area contributed by atoms with Gasteiger partial charge in [-0.05, 0) is 38.1 Å². The third kappa shape index (κ3) is 5.66. The summed E-state index contributed by atoms with van der Waals surface area (Å²) in [6.45, 7) is 3.91. The molecule has 0 unspecified atom stereocenters. The number of thiophene rings is 1. The van der Waals surface area contributed by atoms with Gasteiger partial charge in [0.05, 0.1) is 4.88 Å². The molecule has 1 aromatic heterocycles. The molecule has 0 saturated heterocycles. The number of carbonyl (C=O) groups excluding carboxylic acids is 2. The molecule has 5 nitrogen and oxygen atoms in total. The monoisotopic (exact) mass is 400 g/mol. The van der Waals surface area contributed by atoms with Crippen molar-refractivity contribution in [2.75, 3.05) is 0 Å². The van der Waals surface area contributed by atoms with Gasteiger partial charge in [0.15, 0.2) is 6.04 Å². The lowest BCUT2D eigenvalue weighted by Crippen LogP contribution is -2.92. The van der Waals surface area contributed by atoms with Crippen LogP contribution in [0.25, 0.3) is 0 Å². The Bertz CT molecular complexity index is 768. The Morgan fingerprint density at radius 1 is 1.11 bits per heavy atom. The van der Waals surface area contributed by atoms with Crippen LogP contribution in [0.15, 0.2) is 41.8 Å². The van der Waals surface area contributed by atoms with Crippen molar-refractivity contribution in [3.8, 4) is 0 Å². The summed E-state index contributed by atoms with van der Waals surface area (Å²) in [5.74, 6) is -0.262. The molecule has 3 rings (SSSR count). The highest BCUT2D eigenvalue weighted by Crippen LogP contribution is 2.23. The van der Waals surface area contributed by atoms with Gasteiger partial charge in [-0.15, -0.1) is 11.3 Å². The first-order valence-electron chi connectivity index (χ1n) is 10.1. The van der Waals surface area contributed by atoms with Crippen LogP contribution in [0.3, 0.4) is 0 Å². The fourth-order valence-corrected chi connectivity index (χ4v) is 4.52. The summed E-state index contributed by atoms with van der Waals surface area (Å²) in [4.78, 5) is 26.0. The molecule has 0 spiro atoms. The van der Waals surface area contributed by atoms with E-state index in [0.29, 0.717) is 0 Å². The van der Waals surface area contributed by atoms with Crippen LogP contribution >= 0.6 is 11.3 Å². The summed E-state index contributed by atoms with van der Waals surface area (Å²) < 4.78 is 0. The van der Waals surface area contributed by atoms with Crippen LogP contribution in [0.4, 0.5) is 4.79 Å². The van der Waals surface area contributed by atoms with E-state index in [9.17, 15) is 9.59 Å². The largest absolute Gasteiger partial charge is 0.335 e. The third-order valence-corrected chi connectivity index (χ3v) is 6.31. The SMILES string of the molecule is Cc1ccc([C@@H]([NH2+][C@@H](C)C(=O)NC(=O)NC2CCCCC2)c2cccs2)cc1. The molecule has 150 valence electrons. The minimum Gasteiger partial charge on any atom is -0.335 e. The number of quaternary nitrogens is 1. The first-order chi connectivity index (χ1) is 13.5. The Labute approximate surface area is 170 Å². The lowest BCUT2D eigenvalue weighted by Gasteiger charge is -2.23. The van der Waals surface area contributed by atoms with E-state index in [2.05, 4.69) is 47.9 Å². The Morgan fingerprint density at radius 2 is 1.82 bits per heavy atom. The van der Waals surface area contributed by atoms with Crippen LogP contribution in [0.2, 0.25) is 0 Å². The van der Waals surface area contributed by atoms with Crippen LogP contribution in [-0.4, -0.2) is 24.0 Å². The fourth-order valence-electron chi connectivity index (χ4n) is 3.68. The predicted molar refractivity (Wildman–Crippen MR) is 112 cm³/mol. The van der Waals surface area contributed by atoms with Gasteiger partial charge >= 0.3 is 6.03 Å². The van der Waals surface area contributed by atoms with Crippen LogP contribution < -0.4 is 16.0 Å². The van der Waals surface area contributed by atoms with Gasteiger partial charge in [0.1, 0.15) is 6.04 Å². The van der Waals surface area contributed by atoms with Crippen molar-refractivity contribution >= 4 is 23.3 Å². The predicted octanol–water partition coefficient (Wildman–Crippen LogP) is 3.26. The van der Waals surface area contributed by atoms with Crippen molar-refractivity contribution in [2.45, 2.75) is 64.1 Å². The number of hydrogen-bond donors (Lipinski definition) is 3. The van der Waals surface area contributed by atoms with Gasteiger partial charge in [0.25, 0.3) is 5.91 Å². The van der Waals surface area contributed by atoms with E-state index in [1.54, 1.807) is 11.3 Å². The van der Waals surface area contributed by atoms with E-state index in [1.807, 2.05) is 23.7 Å². The average Bonchev–Trinajstić information content (AvgIpc) is 3.22. The maximum Gasteiger partial charge on any atom is 0.321 e. The number of carbonyl (C=O) groups is 2. The summed E-state index contributed by atoms with van der Waals surface area (Å²) in [6.07, 6.45) is 5.51. The Hall–Kier alpha value is -2.18. The van der Waals surface area contributed by atoms with Gasteiger partial charge in [-0.2, -0.15) is 0 Å². The van der Waals surface area contributed by atoms with E-state index in [4.69, 9.17) is 0 Å². The number of aryl methyl sites for hydroxylation is 1. The molecule has 1 fully saturated rings. The summed E-state index contributed by atoms with van der Waals surface area (Å²) in [6, 6.07) is 12.0. The summed E-state index contributed by atoms with van der Waals surface area (Å²) in [7, 11) is 0. The second kappa shape index (κ2) is 9.85. The minimum atomic E-state index is -0.384. The Kier molecular flexibility index (Phi) is 7.23. The van der Waals surface area contributed by atoms with Gasteiger partial charge in [-0.1, -0.05) is 55.2 Å². The molecule has 3 amide bonds. The van der Waals surface area contributed by atoms with Crippen molar-refractivity contribution in [1.29, 1.82) is 0 Å². The number of amides is 3. The zero-order valence-corrected chi connectivity index (χ0v) is 17.4. The smallest absolute Gasteiger partial charge is 0.321 e. The van der Waals surface area contributed by atoms with Crippen molar-refractivity contribution in [3.63, 3.8) is 0 Å². The maximum absolute atomic E-state index is 12.6. The molecule has 1 aliphatic rings. The van der Waals surface area contributed by atoms with Crippen molar-refractivity contribution in [3.05, 3.63) is 57.8 Å². The lowest BCUT2D eigenvalue weighted by molar-refractivity contribution is -0.704. The standard InChI is InChI=1S/C22H29N3O2S/c1-15-10-12-17(13-11-15)20(19-9-6-14-28-19)23-16(2)21(26)25-22(27)24-18-7-4-3-5-8-18/h6,9-14,16,18,20,23H,3-5,7-8H2,1-2H3,(H2,24,25,26,27)/p+1/t16-,20+/m0/s1. The van der Waals surface area contributed by atoms with E-state index in [1.165, 1.54) is 16.9 Å². The van der Waals surface area contributed by atoms with Crippen LogP contribution in [-0.2, 0) is 4.79 Å². The molecule has 0 radical (unpaired) electrons. The number of nitrogens with one attached hydrogen (secondary N) is 2. The highest BCUT2D eigenvalue weighted by atomic mass is 32.1.